The molecule has 1 rings (SSSR count). The van der Waals surface area contributed by atoms with Crippen LogP contribution in [0.4, 0.5) is 10.5 Å². The van der Waals surface area contributed by atoms with E-state index in [1.165, 1.54) is 0 Å². The highest BCUT2D eigenvalue weighted by molar-refractivity contribution is 9.10. The number of rotatable bonds is 1. The molecule has 4 N–H and O–H groups in total. The molecule has 5 nitrogen and oxygen atoms in total. The number of nitrogens with two attached hydrogens (primary N) is 1. The molecule has 0 heterocycles. The Morgan fingerprint density at radius 1 is 1.50 bits per heavy atom. The van der Waals surface area contributed by atoms with Crippen LogP contribution in [0, 0.1) is 0 Å². The third-order valence-electron chi connectivity index (χ3n) is 1.20. The van der Waals surface area contributed by atoms with Crippen molar-refractivity contribution in [2.75, 3.05) is 12.8 Å². The molecule has 1 aromatic rings. The van der Waals surface area contributed by atoms with E-state index in [9.17, 15) is 0 Å². The minimum absolute atomic E-state index is 0.694. The van der Waals surface area contributed by atoms with Gasteiger partial charge in [0, 0.05) is 16.2 Å². The first-order chi connectivity index (χ1) is 6.47. The molecule has 0 aliphatic heterocycles. The third kappa shape index (κ3) is 5.26. The van der Waals surface area contributed by atoms with E-state index in [1.54, 1.807) is 13.2 Å². The summed E-state index contributed by atoms with van der Waals surface area (Å²) in [5.74, 6) is 0.778. The van der Waals surface area contributed by atoms with Crippen molar-refractivity contribution in [2.45, 2.75) is 0 Å². The summed E-state index contributed by atoms with van der Waals surface area (Å²) < 4.78 is 5.85. The van der Waals surface area contributed by atoms with Crippen molar-refractivity contribution < 1.29 is 19.7 Å². The van der Waals surface area contributed by atoms with Crippen LogP contribution in [-0.2, 0) is 0 Å². The molecule has 0 aliphatic rings. The van der Waals surface area contributed by atoms with Gasteiger partial charge in [-0.15, -0.1) is 0 Å². The van der Waals surface area contributed by atoms with Crippen LogP contribution in [0.15, 0.2) is 22.7 Å². The molecule has 0 aliphatic carbocycles. The van der Waals surface area contributed by atoms with Crippen LogP contribution in [0.2, 0.25) is 0 Å². The standard InChI is InChI=1S/C7H8BrNO.CH2O3/c1-10-5-2-3-6(8)7(9)4-5;2-1(3)4/h2-4H,9H2,1H3;(H2,2,3,4). The molecule has 0 amide bonds. The zero-order chi connectivity index (χ0) is 11.1. The van der Waals surface area contributed by atoms with Gasteiger partial charge in [-0.1, -0.05) is 0 Å². The summed E-state index contributed by atoms with van der Waals surface area (Å²) in [7, 11) is 1.61. The highest BCUT2D eigenvalue weighted by atomic mass is 79.9. The van der Waals surface area contributed by atoms with Crippen molar-refractivity contribution in [2.24, 2.45) is 0 Å². The van der Waals surface area contributed by atoms with Gasteiger partial charge in [0.15, 0.2) is 0 Å². The number of hydrogen-bond acceptors (Lipinski definition) is 3. The first kappa shape index (κ1) is 12.6. The number of nitrogen functional groups attached to an aromatic ring is 1. The lowest BCUT2D eigenvalue weighted by Crippen LogP contribution is -1.88. The van der Waals surface area contributed by atoms with Crippen LogP contribution >= 0.6 is 15.9 Å². The van der Waals surface area contributed by atoms with Crippen molar-refractivity contribution >= 4 is 27.8 Å². The van der Waals surface area contributed by atoms with Crippen LogP contribution in [0.5, 0.6) is 5.75 Å². The van der Waals surface area contributed by atoms with E-state index < -0.39 is 6.16 Å². The highest BCUT2D eigenvalue weighted by Gasteiger charge is 1.95. The predicted molar refractivity (Wildman–Crippen MR) is 55.8 cm³/mol. The molecule has 0 spiro atoms. The first-order valence-corrected chi connectivity index (χ1v) is 4.27. The van der Waals surface area contributed by atoms with Gasteiger partial charge in [0.1, 0.15) is 5.75 Å². The Hall–Kier alpha value is -1.43. The quantitative estimate of drug-likeness (QED) is 0.676. The van der Waals surface area contributed by atoms with E-state index in [-0.39, 0.29) is 0 Å². The van der Waals surface area contributed by atoms with Crippen molar-refractivity contribution in [3.8, 4) is 5.75 Å². The topological polar surface area (TPSA) is 92.8 Å². The van der Waals surface area contributed by atoms with Crippen LogP contribution in [0.25, 0.3) is 0 Å². The SMILES string of the molecule is COc1ccc(Br)c(N)c1.O=C(O)O. The summed E-state index contributed by atoms with van der Waals surface area (Å²) in [6, 6.07) is 5.47. The smallest absolute Gasteiger partial charge is 0.497 e. The molecule has 0 saturated carbocycles. The van der Waals surface area contributed by atoms with E-state index in [0.29, 0.717) is 5.69 Å². The zero-order valence-corrected chi connectivity index (χ0v) is 8.98. The molecular weight excluding hydrogens is 254 g/mol. The van der Waals surface area contributed by atoms with Gasteiger partial charge < -0.3 is 20.7 Å². The maximum atomic E-state index is 8.56. The second-order valence-electron chi connectivity index (χ2n) is 2.17. The van der Waals surface area contributed by atoms with Crippen LogP contribution < -0.4 is 10.5 Å². The molecule has 0 aromatic heterocycles. The fourth-order valence-electron chi connectivity index (χ4n) is 0.649. The summed E-state index contributed by atoms with van der Waals surface area (Å²) in [5, 5.41) is 13.9. The van der Waals surface area contributed by atoms with Crippen LogP contribution in [0.3, 0.4) is 0 Å². The second-order valence-corrected chi connectivity index (χ2v) is 3.02. The number of methoxy groups -OCH3 is 1. The largest absolute Gasteiger partial charge is 0.503 e. The summed E-state index contributed by atoms with van der Waals surface area (Å²) in [5.41, 5.74) is 6.26. The number of carboxylic acid groups (broad SMARTS) is 2. The molecule has 0 radical (unpaired) electrons. The summed E-state index contributed by atoms with van der Waals surface area (Å²) in [6.45, 7) is 0. The number of benzene rings is 1. The fourth-order valence-corrected chi connectivity index (χ4v) is 0.895. The fraction of sp³-hybridized carbons (Fsp3) is 0.125. The average Bonchev–Trinajstić information content (AvgIpc) is 2.09. The van der Waals surface area contributed by atoms with E-state index in [1.807, 2.05) is 12.1 Å². The van der Waals surface area contributed by atoms with E-state index in [0.717, 1.165) is 10.2 Å². The Kier molecular flexibility index (Phi) is 5.47. The molecule has 78 valence electrons. The van der Waals surface area contributed by atoms with E-state index in [2.05, 4.69) is 15.9 Å². The Balaban J connectivity index is 0.000000364. The average molecular weight is 264 g/mol. The molecule has 0 saturated heterocycles. The Morgan fingerprint density at radius 2 is 2.00 bits per heavy atom. The van der Waals surface area contributed by atoms with Crippen molar-refractivity contribution in [3.63, 3.8) is 0 Å². The maximum Gasteiger partial charge on any atom is 0.503 e. The van der Waals surface area contributed by atoms with Gasteiger partial charge in [-0.05, 0) is 28.1 Å². The number of anilines is 1. The predicted octanol–water partition coefficient (Wildman–Crippen LogP) is 2.26. The number of halogens is 1. The van der Waals surface area contributed by atoms with Gasteiger partial charge in [0.2, 0.25) is 0 Å². The van der Waals surface area contributed by atoms with Gasteiger partial charge in [0.25, 0.3) is 0 Å². The lowest BCUT2D eigenvalue weighted by atomic mass is 10.3. The Labute approximate surface area is 89.2 Å². The van der Waals surface area contributed by atoms with E-state index in [4.69, 9.17) is 25.5 Å². The first-order valence-electron chi connectivity index (χ1n) is 3.48. The highest BCUT2D eigenvalue weighted by Crippen LogP contribution is 2.23. The molecule has 0 fully saturated rings. The molecule has 1 aromatic carbocycles. The summed E-state index contributed by atoms with van der Waals surface area (Å²) in [4.78, 5) is 8.56. The Morgan fingerprint density at radius 3 is 2.36 bits per heavy atom. The third-order valence-corrected chi connectivity index (χ3v) is 1.93. The minimum Gasteiger partial charge on any atom is -0.497 e. The van der Waals surface area contributed by atoms with Crippen LogP contribution in [-0.4, -0.2) is 23.5 Å². The van der Waals surface area contributed by atoms with E-state index >= 15 is 0 Å². The normalized spacial score (nSPS) is 8.43. The van der Waals surface area contributed by atoms with Gasteiger partial charge >= 0.3 is 6.16 Å². The molecule has 0 bridgehead atoms. The minimum atomic E-state index is -1.83. The van der Waals surface area contributed by atoms with Crippen molar-refractivity contribution in [1.29, 1.82) is 0 Å². The maximum absolute atomic E-state index is 8.56. The summed E-state index contributed by atoms with van der Waals surface area (Å²) >= 11 is 3.28. The number of hydrogen-bond donors (Lipinski definition) is 3. The molecule has 0 atom stereocenters. The lowest BCUT2D eigenvalue weighted by Gasteiger charge is -2.01. The Bertz CT molecular complexity index is 312. The van der Waals surface area contributed by atoms with Crippen LogP contribution in [0.1, 0.15) is 0 Å². The number of carbonyl (C=O) groups is 1. The molecule has 14 heavy (non-hydrogen) atoms. The molecular formula is C8H10BrNO4. The molecule has 0 unspecified atom stereocenters. The van der Waals surface area contributed by atoms with Crippen molar-refractivity contribution in [3.05, 3.63) is 22.7 Å². The number of ether oxygens (including phenoxy) is 1. The zero-order valence-electron chi connectivity index (χ0n) is 7.40. The van der Waals surface area contributed by atoms with Gasteiger partial charge in [-0.25, -0.2) is 4.79 Å². The lowest BCUT2D eigenvalue weighted by molar-refractivity contribution is 0.137. The van der Waals surface area contributed by atoms with Gasteiger partial charge in [0.05, 0.1) is 7.11 Å². The second kappa shape index (κ2) is 6.09. The van der Waals surface area contributed by atoms with Gasteiger partial charge in [-0.3, -0.25) is 0 Å². The summed E-state index contributed by atoms with van der Waals surface area (Å²) in [6.07, 6.45) is -1.83. The van der Waals surface area contributed by atoms with Crippen molar-refractivity contribution in [1.82, 2.24) is 0 Å². The monoisotopic (exact) mass is 263 g/mol. The van der Waals surface area contributed by atoms with Gasteiger partial charge in [-0.2, -0.15) is 0 Å². The molecule has 6 heteroatoms.